The van der Waals surface area contributed by atoms with E-state index in [0.717, 1.165) is 18.5 Å². The second-order valence-electron chi connectivity index (χ2n) is 4.64. The fourth-order valence-corrected chi connectivity index (χ4v) is 2.50. The average molecular weight is 298 g/mol. The van der Waals surface area contributed by atoms with Gasteiger partial charge in [-0.15, -0.1) is 0 Å². The number of amides is 1. The Morgan fingerprint density at radius 1 is 1.35 bits per heavy atom. The molecule has 0 bridgehead atoms. The predicted octanol–water partition coefficient (Wildman–Crippen LogP) is -1.14. The van der Waals surface area contributed by atoms with E-state index in [9.17, 15) is 13.2 Å². The lowest BCUT2D eigenvalue weighted by Gasteiger charge is -2.10. The van der Waals surface area contributed by atoms with E-state index in [4.69, 9.17) is 5.14 Å². The number of carbonyl (C=O) groups is 1. The second-order valence-corrected chi connectivity index (χ2v) is 6.20. The zero-order chi connectivity index (χ0) is 14.6. The van der Waals surface area contributed by atoms with Crippen LogP contribution < -0.4 is 21.3 Å². The van der Waals surface area contributed by atoms with Crippen LogP contribution in [0.1, 0.15) is 12.0 Å². The quantitative estimate of drug-likeness (QED) is 0.549. The van der Waals surface area contributed by atoms with Crippen LogP contribution in [0.15, 0.2) is 29.2 Å². The number of carbonyl (C=O) groups excluding carboxylic acids is 1. The standard InChI is InChI=1S/C12H18N4O3S/c13-20(18,19)10-3-1-9(2-4-10)5-7-14-12(17)11-6-8-15-16-11/h1-4,11,15-16H,5-8H2,(H,14,17)(H2,13,18,19). The summed E-state index contributed by atoms with van der Waals surface area (Å²) in [7, 11) is -3.65. The van der Waals surface area contributed by atoms with Crippen LogP contribution in [0, 0.1) is 0 Å². The third kappa shape index (κ3) is 4.01. The Morgan fingerprint density at radius 2 is 2.05 bits per heavy atom. The van der Waals surface area contributed by atoms with Crippen LogP contribution in [-0.4, -0.2) is 33.5 Å². The zero-order valence-corrected chi connectivity index (χ0v) is 11.7. The number of nitrogens with one attached hydrogen (secondary N) is 3. The highest BCUT2D eigenvalue weighted by atomic mass is 32.2. The van der Waals surface area contributed by atoms with E-state index < -0.39 is 10.0 Å². The summed E-state index contributed by atoms with van der Waals surface area (Å²) < 4.78 is 22.2. The number of nitrogens with two attached hydrogens (primary N) is 1. The molecule has 0 spiro atoms. The lowest BCUT2D eigenvalue weighted by Crippen LogP contribution is -2.43. The highest BCUT2D eigenvalue weighted by Gasteiger charge is 2.21. The maximum absolute atomic E-state index is 11.7. The van der Waals surface area contributed by atoms with Gasteiger partial charge in [-0.05, 0) is 30.5 Å². The number of rotatable bonds is 5. The Hall–Kier alpha value is -1.48. The Bertz CT molecular complexity index is 565. The van der Waals surface area contributed by atoms with E-state index in [1.54, 1.807) is 12.1 Å². The molecule has 1 amide bonds. The van der Waals surface area contributed by atoms with Gasteiger partial charge in [0.2, 0.25) is 15.9 Å². The number of primary sulfonamides is 1. The van der Waals surface area contributed by atoms with Crippen molar-refractivity contribution in [2.24, 2.45) is 5.14 Å². The number of hydrazine groups is 1. The number of sulfonamides is 1. The van der Waals surface area contributed by atoms with Crippen molar-refractivity contribution in [2.75, 3.05) is 13.1 Å². The molecule has 0 saturated carbocycles. The van der Waals surface area contributed by atoms with E-state index in [-0.39, 0.29) is 16.8 Å². The van der Waals surface area contributed by atoms with E-state index in [2.05, 4.69) is 16.2 Å². The van der Waals surface area contributed by atoms with Crippen LogP contribution in [0.25, 0.3) is 0 Å². The smallest absolute Gasteiger partial charge is 0.238 e. The van der Waals surface area contributed by atoms with Crippen molar-refractivity contribution in [3.63, 3.8) is 0 Å². The summed E-state index contributed by atoms with van der Waals surface area (Å²) in [6.45, 7) is 1.29. The van der Waals surface area contributed by atoms with Crippen LogP contribution in [0.2, 0.25) is 0 Å². The summed E-state index contributed by atoms with van der Waals surface area (Å²) in [5.74, 6) is -0.0313. The minimum absolute atomic E-state index is 0.0313. The molecule has 7 nitrogen and oxygen atoms in total. The minimum Gasteiger partial charge on any atom is -0.354 e. The molecule has 20 heavy (non-hydrogen) atoms. The highest BCUT2D eigenvalue weighted by molar-refractivity contribution is 7.89. The summed E-state index contributed by atoms with van der Waals surface area (Å²) in [4.78, 5) is 11.8. The van der Waals surface area contributed by atoms with E-state index >= 15 is 0 Å². The summed E-state index contributed by atoms with van der Waals surface area (Å²) in [6.07, 6.45) is 1.41. The molecule has 8 heteroatoms. The first kappa shape index (κ1) is 14.9. The Morgan fingerprint density at radius 3 is 2.60 bits per heavy atom. The maximum atomic E-state index is 11.7. The van der Waals surface area contributed by atoms with Gasteiger partial charge in [0, 0.05) is 13.1 Å². The van der Waals surface area contributed by atoms with Crippen LogP contribution in [0.3, 0.4) is 0 Å². The minimum atomic E-state index is -3.65. The van der Waals surface area contributed by atoms with Gasteiger partial charge in [0.15, 0.2) is 0 Å². The van der Waals surface area contributed by atoms with Gasteiger partial charge < -0.3 is 5.32 Å². The molecular formula is C12H18N4O3S. The van der Waals surface area contributed by atoms with Crippen molar-refractivity contribution >= 4 is 15.9 Å². The lowest BCUT2D eigenvalue weighted by atomic mass is 10.1. The number of hydrogen-bond donors (Lipinski definition) is 4. The third-order valence-electron chi connectivity index (χ3n) is 3.12. The number of benzene rings is 1. The van der Waals surface area contributed by atoms with Crippen molar-refractivity contribution in [1.82, 2.24) is 16.2 Å². The largest absolute Gasteiger partial charge is 0.354 e. The van der Waals surface area contributed by atoms with Gasteiger partial charge in [-0.1, -0.05) is 12.1 Å². The topological polar surface area (TPSA) is 113 Å². The maximum Gasteiger partial charge on any atom is 0.238 e. The molecule has 1 heterocycles. The van der Waals surface area contributed by atoms with Crippen molar-refractivity contribution in [2.45, 2.75) is 23.8 Å². The summed E-state index contributed by atoms with van der Waals surface area (Å²) in [6, 6.07) is 6.15. The van der Waals surface area contributed by atoms with Gasteiger partial charge in [-0.25, -0.2) is 19.0 Å². The first-order valence-electron chi connectivity index (χ1n) is 6.34. The molecular weight excluding hydrogens is 280 g/mol. The fraction of sp³-hybridized carbons (Fsp3) is 0.417. The van der Waals surface area contributed by atoms with Gasteiger partial charge in [-0.3, -0.25) is 10.2 Å². The van der Waals surface area contributed by atoms with Crippen LogP contribution in [0.4, 0.5) is 0 Å². The van der Waals surface area contributed by atoms with E-state index in [1.165, 1.54) is 12.1 Å². The van der Waals surface area contributed by atoms with Gasteiger partial charge in [0.1, 0.15) is 6.04 Å². The van der Waals surface area contributed by atoms with Crippen LogP contribution in [0.5, 0.6) is 0 Å². The summed E-state index contributed by atoms with van der Waals surface area (Å²) >= 11 is 0. The molecule has 110 valence electrons. The molecule has 0 aliphatic carbocycles. The van der Waals surface area contributed by atoms with Crippen molar-refractivity contribution in [3.8, 4) is 0 Å². The summed E-state index contributed by atoms with van der Waals surface area (Å²) in [5, 5.41) is 7.85. The predicted molar refractivity (Wildman–Crippen MR) is 74.1 cm³/mol. The van der Waals surface area contributed by atoms with E-state index in [1.807, 2.05) is 0 Å². The Labute approximate surface area is 117 Å². The number of hydrogen-bond acceptors (Lipinski definition) is 5. The second kappa shape index (κ2) is 6.31. The molecule has 1 aromatic rings. The zero-order valence-electron chi connectivity index (χ0n) is 10.9. The lowest BCUT2D eigenvalue weighted by molar-refractivity contribution is -0.122. The Kier molecular flexibility index (Phi) is 4.71. The van der Waals surface area contributed by atoms with Crippen LogP contribution in [-0.2, 0) is 21.2 Å². The molecule has 1 aliphatic heterocycles. The molecule has 1 aromatic carbocycles. The SMILES string of the molecule is NS(=O)(=O)c1ccc(CCNC(=O)C2CCNN2)cc1. The molecule has 1 atom stereocenters. The summed E-state index contributed by atoms with van der Waals surface area (Å²) in [5.41, 5.74) is 6.73. The first-order valence-corrected chi connectivity index (χ1v) is 7.89. The average Bonchev–Trinajstić information content (AvgIpc) is 2.92. The third-order valence-corrected chi connectivity index (χ3v) is 4.04. The molecule has 1 fully saturated rings. The molecule has 2 rings (SSSR count). The first-order chi connectivity index (χ1) is 9.47. The normalized spacial score (nSPS) is 18.9. The Balaban J connectivity index is 1.81. The molecule has 1 saturated heterocycles. The molecule has 1 aliphatic rings. The van der Waals surface area contributed by atoms with Crippen LogP contribution >= 0.6 is 0 Å². The van der Waals surface area contributed by atoms with Crippen molar-refractivity contribution in [1.29, 1.82) is 0 Å². The van der Waals surface area contributed by atoms with Gasteiger partial charge in [-0.2, -0.15) is 0 Å². The van der Waals surface area contributed by atoms with Crippen molar-refractivity contribution in [3.05, 3.63) is 29.8 Å². The monoisotopic (exact) mass is 298 g/mol. The van der Waals surface area contributed by atoms with E-state index in [0.29, 0.717) is 13.0 Å². The fourth-order valence-electron chi connectivity index (χ4n) is 1.98. The van der Waals surface area contributed by atoms with Crippen molar-refractivity contribution < 1.29 is 13.2 Å². The highest BCUT2D eigenvalue weighted by Crippen LogP contribution is 2.09. The molecule has 0 aromatic heterocycles. The van der Waals surface area contributed by atoms with Gasteiger partial charge in [0.25, 0.3) is 0 Å². The molecule has 5 N–H and O–H groups in total. The molecule has 0 radical (unpaired) electrons. The molecule has 1 unspecified atom stereocenters. The van der Waals surface area contributed by atoms with Gasteiger partial charge >= 0.3 is 0 Å². The van der Waals surface area contributed by atoms with Gasteiger partial charge in [0.05, 0.1) is 4.90 Å².